The Balaban J connectivity index is 2.85. The van der Waals surface area contributed by atoms with E-state index in [1.165, 1.54) is 6.08 Å². The first-order valence-corrected chi connectivity index (χ1v) is 6.73. The summed E-state index contributed by atoms with van der Waals surface area (Å²) in [7, 11) is 0. The molecule has 20 heavy (non-hydrogen) atoms. The fraction of sp³-hybridized carbons (Fsp3) is 0.333. The summed E-state index contributed by atoms with van der Waals surface area (Å²) in [6.45, 7) is 3.79. The number of ether oxygens (including phenoxy) is 2. The molecule has 5 heteroatoms. The summed E-state index contributed by atoms with van der Waals surface area (Å²) in [5.41, 5.74) is 0.827. The Morgan fingerprint density at radius 1 is 1.10 bits per heavy atom. The van der Waals surface area contributed by atoms with E-state index in [1.54, 1.807) is 44.2 Å². The van der Waals surface area contributed by atoms with Crippen molar-refractivity contribution in [2.75, 3.05) is 13.2 Å². The number of carbonyl (C=O) groups excluding carboxylic acids is 2. The van der Waals surface area contributed by atoms with Crippen molar-refractivity contribution < 1.29 is 19.1 Å². The highest BCUT2D eigenvalue weighted by Gasteiger charge is 2.26. The number of halogens is 1. The Morgan fingerprint density at radius 3 is 2.05 bits per heavy atom. The monoisotopic (exact) mass is 296 g/mol. The third kappa shape index (κ3) is 5.05. The number of hydrogen-bond donors (Lipinski definition) is 0. The number of rotatable bonds is 6. The molecule has 1 aromatic carbocycles. The molecule has 0 aliphatic rings. The molecule has 0 unspecified atom stereocenters. The number of benzene rings is 1. The molecule has 0 fully saturated rings. The fourth-order valence-electron chi connectivity index (χ4n) is 1.50. The van der Waals surface area contributed by atoms with Crippen molar-refractivity contribution in [3.63, 3.8) is 0 Å². The van der Waals surface area contributed by atoms with E-state index < -0.39 is 17.9 Å². The lowest BCUT2D eigenvalue weighted by atomic mass is 10.1. The van der Waals surface area contributed by atoms with E-state index in [0.29, 0.717) is 5.02 Å². The Kier molecular flexibility index (Phi) is 6.81. The lowest BCUT2D eigenvalue weighted by Crippen LogP contribution is -2.26. The van der Waals surface area contributed by atoms with Crippen LogP contribution < -0.4 is 0 Å². The van der Waals surface area contributed by atoms with Crippen molar-refractivity contribution in [3.8, 4) is 0 Å². The molecule has 0 spiro atoms. The van der Waals surface area contributed by atoms with Gasteiger partial charge in [-0.05, 0) is 31.5 Å². The molecule has 1 rings (SSSR count). The van der Waals surface area contributed by atoms with Crippen LogP contribution in [0.3, 0.4) is 0 Å². The highest BCUT2D eigenvalue weighted by Crippen LogP contribution is 2.13. The molecular formula is C15H17ClO4. The molecule has 0 N–H and O–H groups in total. The molecule has 0 amide bonds. The summed E-state index contributed by atoms with van der Waals surface area (Å²) in [4.78, 5) is 23.5. The second-order valence-corrected chi connectivity index (χ2v) is 4.33. The van der Waals surface area contributed by atoms with E-state index in [9.17, 15) is 9.59 Å². The van der Waals surface area contributed by atoms with Crippen molar-refractivity contribution in [2.24, 2.45) is 5.92 Å². The lowest BCUT2D eigenvalue weighted by molar-refractivity contribution is -0.158. The second kappa shape index (κ2) is 8.38. The van der Waals surface area contributed by atoms with Crippen molar-refractivity contribution in [2.45, 2.75) is 13.8 Å². The third-order valence-corrected chi connectivity index (χ3v) is 2.68. The zero-order valence-electron chi connectivity index (χ0n) is 11.5. The average Bonchev–Trinajstić information content (AvgIpc) is 2.42. The molecule has 0 heterocycles. The highest BCUT2D eigenvalue weighted by molar-refractivity contribution is 6.30. The first kappa shape index (κ1) is 16.2. The Labute approximate surface area is 123 Å². The minimum Gasteiger partial charge on any atom is -0.465 e. The molecule has 0 aliphatic carbocycles. The normalized spacial score (nSPS) is 10.8. The average molecular weight is 297 g/mol. The van der Waals surface area contributed by atoms with Crippen LogP contribution in [0.5, 0.6) is 0 Å². The molecule has 0 saturated carbocycles. The summed E-state index contributed by atoms with van der Waals surface area (Å²) < 4.78 is 9.73. The van der Waals surface area contributed by atoms with E-state index in [4.69, 9.17) is 21.1 Å². The first-order chi connectivity index (χ1) is 9.58. The number of carbonyl (C=O) groups is 2. The molecule has 4 nitrogen and oxygen atoms in total. The van der Waals surface area contributed by atoms with Gasteiger partial charge in [0.05, 0.1) is 13.2 Å². The van der Waals surface area contributed by atoms with Gasteiger partial charge in [0.1, 0.15) is 0 Å². The minimum absolute atomic E-state index is 0.212. The molecule has 0 radical (unpaired) electrons. The minimum atomic E-state index is -1.05. The van der Waals surface area contributed by atoms with Crippen LogP contribution in [0, 0.1) is 5.92 Å². The molecule has 0 saturated heterocycles. The zero-order chi connectivity index (χ0) is 15.0. The molecular weight excluding hydrogens is 280 g/mol. The maximum absolute atomic E-state index is 11.7. The van der Waals surface area contributed by atoms with Gasteiger partial charge in [0.2, 0.25) is 0 Å². The van der Waals surface area contributed by atoms with Gasteiger partial charge in [-0.2, -0.15) is 0 Å². The molecule has 1 aromatic rings. The predicted molar refractivity (Wildman–Crippen MR) is 77.2 cm³/mol. The lowest BCUT2D eigenvalue weighted by Gasteiger charge is -2.10. The van der Waals surface area contributed by atoms with Gasteiger partial charge in [-0.1, -0.05) is 35.9 Å². The smallest absolute Gasteiger partial charge is 0.324 e. The molecule has 0 aromatic heterocycles. The SMILES string of the molecule is CCOC(=O)C(/C=C/c1ccc(Cl)cc1)C(=O)OCC. The van der Waals surface area contributed by atoms with Crippen LogP contribution in [0.15, 0.2) is 30.3 Å². The van der Waals surface area contributed by atoms with Gasteiger partial charge in [-0.3, -0.25) is 9.59 Å². The topological polar surface area (TPSA) is 52.6 Å². The first-order valence-electron chi connectivity index (χ1n) is 6.35. The van der Waals surface area contributed by atoms with E-state index in [-0.39, 0.29) is 13.2 Å². The van der Waals surface area contributed by atoms with Crippen LogP contribution in [0.1, 0.15) is 19.4 Å². The van der Waals surface area contributed by atoms with Crippen LogP contribution in [-0.2, 0) is 19.1 Å². The zero-order valence-corrected chi connectivity index (χ0v) is 12.2. The van der Waals surface area contributed by atoms with Gasteiger partial charge in [0.15, 0.2) is 5.92 Å². The summed E-state index contributed by atoms with van der Waals surface area (Å²) in [6.07, 6.45) is 3.13. The third-order valence-electron chi connectivity index (χ3n) is 2.43. The van der Waals surface area contributed by atoms with Gasteiger partial charge in [-0.25, -0.2) is 0 Å². The molecule has 108 valence electrons. The molecule has 0 aliphatic heterocycles. The number of esters is 2. The van der Waals surface area contributed by atoms with E-state index in [1.807, 2.05) is 0 Å². The van der Waals surface area contributed by atoms with Crippen LogP contribution >= 0.6 is 11.6 Å². The van der Waals surface area contributed by atoms with Gasteiger partial charge in [-0.15, -0.1) is 0 Å². The van der Waals surface area contributed by atoms with E-state index in [2.05, 4.69) is 0 Å². The molecule has 0 atom stereocenters. The van der Waals surface area contributed by atoms with Crippen molar-refractivity contribution >= 4 is 29.6 Å². The summed E-state index contributed by atoms with van der Waals surface area (Å²) >= 11 is 5.79. The van der Waals surface area contributed by atoms with Crippen LogP contribution in [0.2, 0.25) is 5.02 Å². The Morgan fingerprint density at radius 2 is 1.60 bits per heavy atom. The summed E-state index contributed by atoms with van der Waals surface area (Å²) in [5.74, 6) is -2.28. The second-order valence-electron chi connectivity index (χ2n) is 3.89. The maximum atomic E-state index is 11.7. The Hall–Kier alpha value is -1.81. The van der Waals surface area contributed by atoms with Crippen LogP contribution in [0.25, 0.3) is 6.08 Å². The predicted octanol–water partition coefficient (Wildman–Crippen LogP) is 3.10. The molecule has 0 bridgehead atoms. The van der Waals surface area contributed by atoms with Gasteiger partial charge in [0.25, 0.3) is 0 Å². The summed E-state index contributed by atoms with van der Waals surface area (Å²) in [5, 5.41) is 0.620. The van der Waals surface area contributed by atoms with E-state index in [0.717, 1.165) is 5.56 Å². The van der Waals surface area contributed by atoms with Crippen LogP contribution in [0.4, 0.5) is 0 Å². The van der Waals surface area contributed by atoms with Crippen molar-refractivity contribution in [1.82, 2.24) is 0 Å². The largest absolute Gasteiger partial charge is 0.465 e. The fourth-order valence-corrected chi connectivity index (χ4v) is 1.62. The van der Waals surface area contributed by atoms with Crippen molar-refractivity contribution in [3.05, 3.63) is 40.9 Å². The van der Waals surface area contributed by atoms with Crippen LogP contribution in [-0.4, -0.2) is 25.2 Å². The van der Waals surface area contributed by atoms with Crippen molar-refractivity contribution in [1.29, 1.82) is 0 Å². The van der Waals surface area contributed by atoms with Gasteiger partial charge < -0.3 is 9.47 Å². The standard InChI is InChI=1S/C15H17ClO4/c1-3-19-14(17)13(15(18)20-4-2)10-7-11-5-8-12(16)9-6-11/h5-10,13H,3-4H2,1-2H3/b10-7+. The van der Waals surface area contributed by atoms with E-state index >= 15 is 0 Å². The number of hydrogen-bond acceptors (Lipinski definition) is 4. The van der Waals surface area contributed by atoms with Gasteiger partial charge in [0, 0.05) is 5.02 Å². The maximum Gasteiger partial charge on any atom is 0.324 e. The van der Waals surface area contributed by atoms with Gasteiger partial charge >= 0.3 is 11.9 Å². The highest BCUT2D eigenvalue weighted by atomic mass is 35.5. The quantitative estimate of drug-likeness (QED) is 0.598. The Bertz CT molecular complexity index is 461. The summed E-state index contributed by atoms with van der Waals surface area (Å²) in [6, 6.07) is 7.02.